The third kappa shape index (κ3) is 26.6. The molecule has 0 aliphatic carbocycles. The average Bonchev–Trinajstić information content (AvgIpc) is 1.86. The van der Waals surface area contributed by atoms with E-state index in [1.54, 1.807) is 0 Å². The van der Waals surface area contributed by atoms with Crippen molar-refractivity contribution < 1.29 is 9.53 Å². The van der Waals surface area contributed by atoms with Crippen LogP contribution in [0.2, 0.25) is 0 Å². The molecule has 0 aliphatic rings. The first-order valence-corrected chi connectivity index (χ1v) is 3.49. The van der Waals surface area contributed by atoms with Crippen molar-refractivity contribution in [3.05, 3.63) is 0 Å². The van der Waals surface area contributed by atoms with Crippen LogP contribution < -0.4 is 11.5 Å². The van der Waals surface area contributed by atoms with Gasteiger partial charge in [-0.05, 0) is 20.8 Å². The molecule has 4 heteroatoms. The highest BCUT2D eigenvalue weighted by Crippen LogP contribution is 2.02. The van der Waals surface area contributed by atoms with Crippen molar-refractivity contribution in [3.63, 3.8) is 0 Å². The summed E-state index contributed by atoms with van der Waals surface area (Å²) in [5, 5.41) is 0. The Labute approximate surface area is 67.9 Å². The zero-order valence-corrected chi connectivity index (χ0v) is 7.46. The molecule has 0 atom stereocenters. The van der Waals surface area contributed by atoms with Crippen LogP contribution in [0, 0.1) is 0 Å². The lowest BCUT2D eigenvalue weighted by atomic mass is 10.2. The first-order valence-electron chi connectivity index (χ1n) is 3.49. The molecular formula is C7H18N2O2. The molecule has 0 bridgehead atoms. The van der Waals surface area contributed by atoms with E-state index < -0.39 is 0 Å². The van der Waals surface area contributed by atoms with Gasteiger partial charge in [-0.2, -0.15) is 0 Å². The van der Waals surface area contributed by atoms with Crippen LogP contribution in [0.25, 0.3) is 0 Å². The minimum absolute atomic E-state index is 0.318. The van der Waals surface area contributed by atoms with Crippen LogP contribution in [-0.2, 0) is 9.53 Å². The molecule has 11 heavy (non-hydrogen) atoms. The molecular weight excluding hydrogens is 144 g/mol. The van der Waals surface area contributed by atoms with Crippen molar-refractivity contribution in [3.8, 4) is 0 Å². The van der Waals surface area contributed by atoms with E-state index in [1.807, 2.05) is 20.8 Å². The van der Waals surface area contributed by atoms with E-state index in [9.17, 15) is 4.79 Å². The fraction of sp³-hybridized carbons (Fsp3) is 0.857. The van der Waals surface area contributed by atoms with Crippen molar-refractivity contribution in [1.82, 2.24) is 0 Å². The summed E-state index contributed by atoms with van der Waals surface area (Å²) in [5.74, 6) is 0. The Bertz CT molecular complexity index is 86.9. The predicted molar refractivity (Wildman–Crippen MR) is 45.0 cm³/mol. The average molecular weight is 162 g/mol. The van der Waals surface area contributed by atoms with Gasteiger partial charge < -0.3 is 16.2 Å². The van der Waals surface area contributed by atoms with E-state index in [2.05, 4.69) is 4.74 Å². The Morgan fingerprint density at radius 1 is 1.27 bits per heavy atom. The molecule has 0 aromatic carbocycles. The summed E-state index contributed by atoms with van der Waals surface area (Å²) in [6, 6.07) is 0. The van der Waals surface area contributed by atoms with Crippen molar-refractivity contribution in [1.29, 1.82) is 0 Å². The zero-order chi connectivity index (χ0) is 9.33. The number of nitrogens with two attached hydrogens (primary N) is 2. The number of rotatable bonds is 2. The first-order chi connectivity index (χ1) is 4.97. The van der Waals surface area contributed by atoms with Gasteiger partial charge >= 0.3 is 0 Å². The van der Waals surface area contributed by atoms with Gasteiger partial charge in [-0.15, -0.1) is 0 Å². The lowest BCUT2D eigenvalue weighted by Gasteiger charge is -2.14. The fourth-order valence-corrected chi connectivity index (χ4v) is 0.144. The molecule has 0 spiro atoms. The molecule has 0 heterocycles. The molecule has 0 radical (unpaired) electrons. The molecule has 0 aromatic heterocycles. The number of carbonyl (C=O) groups excluding carboxylic acids is 1. The Morgan fingerprint density at radius 3 is 1.64 bits per heavy atom. The Balaban J connectivity index is 0. The maximum Gasteiger partial charge on any atom is 0.293 e. The van der Waals surface area contributed by atoms with Crippen LogP contribution >= 0.6 is 0 Å². The second-order valence-corrected chi connectivity index (χ2v) is 2.90. The third-order valence-electron chi connectivity index (χ3n) is 0.568. The van der Waals surface area contributed by atoms with E-state index >= 15 is 0 Å². The van der Waals surface area contributed by atoms with Crippen LogP contribution in [0.3, 0.4) is 0 Å². The van der Waals surface area contributed by atoms with E-state index in [0.29, 0.717) is 19.6 Å². The van der Waals surface area contributed by atoms with Crippen molar-refractivity contribution in [2.45, 2.75) is 26.4 Å². The summed E-state index contributed by atoms with van der Waals surface area (Å²) < 4.78 is 4.55. The molecule has 68 valence electrons. The van der Waals surface area contributed by atoms with Crippen LogP contribution in [0.5, 0.6) is 0 Å². The van der Waals surface area contributed by atoms with Crippen LogP contribution in [0.4, 0.5) is 0 Å². The van der Waals surface area contributed by atoms with Crippen molar-refractivity contribution >= 4 is 6.47 Å². The quantitative estimate of drug-likeness (QED) is 0.554. The standard InChI is InChI=1S/C5H10O2.C2H8N2/c1-5(2,3)7-4-6;3-1-2-4/h4H,1-3H3;1-4H2. The normalized spacial score (nSPS) is 9.55. The highest BCUT2D eigenvalue weighted by Gasteiger charge is 2.07. The second kappa shape index (κ2) is 7.50. The van der Waals surface area contributed by atoms with Crippen LogP contribution in [0.1, 0.15) is 20.8 Å². The van der Waals surface area contributed by atoms with Gasteiger partial charge in [0.05, 0.1) is 0 Å². The maximum atomic E-state index is 9.60. The fourth-order valence-electron chi connectivity index (χ4n) is 0.144. The van der Waals surface area contributed by atoms with Gasteiger partial charge in [0, 0.05) is 13.1 Å². The minimum Gasteiger partial charge on any atom is -0.462 e. The Kier molecular flexibility index (Phi) is 8.87. The van der Waals surface area contributed by atoms with E-state index in [-0.39, 0.29) is 5.60 Å². The predicted octanol–water partition coefficient (Wildman–Crippen LogP) is -0.138. The van der Waals surface area contributed by atoms with Gasteiger partial charge in [-0.3, -0.25) is 4.79 Å². The smallest absolute Gasteiger partial charge is 0.293 e. The topological polar surface area (TPSA) is 78.3 Å². The summed E-state index contributed by atoms with van der Waals surface area (Å²) in [4.78, 5) is 9.60. The van der Waals surface area contributed by atoms with Crippen LogP contribution in [0.15, 0.2) is 0 Å². The van der Waals surface area contributed by atoms with E-state index in [1.165, 1.54) is 0 Å². The first kappa shape index (κ1) is 13.0. The molecule has 0 fully saturated rings. The number of hydrogen-bond donors (Lipinski definition) is 2. The molecule has 0 saturated carbocycles. The molecule has 4 N–H and O–H groups in total. The van der Waals surface area contributed by atoms with Crippen molar-refractivity contribution in [2.75, 3.05) is 13.1 Å². The Hall–Kier alpha value is -0.610. The summed E-state index contributed by atoms with van der Waals surface area (Å²) in [6.07, 6.45) is 0. The minimum atomic E-state index is -0.318. The molecule has 0 unspecified atom stereocenters. The molecule has 0 aromatic rings. The molecule has 0 saturated heterocycles. The largest absolute Gasteiger partial charge is 0.462 e. The highest BCUT2D eigenvalue weighted by atomic mass is 16.5. The number of carbonyl (C=O) groups is 1. The molecule has 0 aliphatic heterocycles. The van der Waals surface area contributed by atoms with Gasteiger partial charge in [0.25, 0.3) is 6.47 Å². The zero-order valence-electron chi connectivity index (χ0n) is 7.46. The lowest BCUT2D eigenvalue weighted by Crippen LogP contribution is -2.17. The summed E-state index contributed by atoms with van der Waals surface area (Å²) in [5.41, 5.74) is 9.49. The van der Waals surface area contributed by atoms with Gasteiger partial charge in [0.15, 0.2) is 0 Å². The van der Waals surface area contributed by atoms with E-state index in [4.69, 9.17) is 11.5 Å². The van der Waals surface area contributed by atoms with Gasteiger partial charge in [-0.25, -0.2) is 0 Å². The molecule has 4 nitrogen and oxygen atoms in total. The Morgan fingerprint density at radius 2 is 1.64 bits per heavy atom. The summed E-state index contributed by atoms with van der Waals surface area (Å²) >= 11 is 0. The SMILES string of the molecule is CC(C)(C)OC=O.NCCN. The molecule has 0 rings (SSSR count). The van der Waals surface area contributed by atoms with Crippen molar-refractivity contribution in [2.24, 2.45) is 11.5 Å². The van der Waals surface area contributed by atoms with Gasteiger partial charge in [-0.1, -0.05) is 0 Å². The van der Waals surface area contributed by atoms with Gasteiger partial charge in [0.2, 0.25) is 0 Å². The maximum absolute atomic E-state index is 9.60. The summed E-state index contributed by atoms with van der Waals surface area (Å²) in [6.45, 7) is 7.12. The monoisotopic (exact) mass is 162 g/mol. The summed E-state index contributed by atoms with van der Waals surface area (Å²) in [7, 11) is 0. The highest BCUT2D eigenvalue weighted by molar-refractivity contribution is 5.37. The third-order valence-corrected chi connectivity index (χ3v) is 0.568. The second-order valence-electron chi connectivity index (χ2n) is 2.90. The number of ether oxygens (including phenoxy) is 1. The van der Waals surface area contributed by atoms with Gasteiger partial charge in [0.1, 0.15) is 5.60 Å². The van der Waals surface area contributed by atoms with E-state index in [0.717, 1.165) is 0 Å². The lowest BCUT2D eigenvalue weighted by molar-refractivity contribution is -0.138. The van der Waals surface area contributed by atoms with Crippen LogP contribution in [-0.4, -0.2) is 25.2 Å². The molecule has 0 amide bonds. The number of hydrogen-bond acceptors (Lipinski definition) is 4.